The molecule has 2 N–H and O–H groups in total. The van der Waals surface area contributed by atoms with Crippen LogP contribution in [-0.2, 0) is 5.88 Å². The monoisotopic (exact) mass is 295 g/mol. The molecule has 0 saturated carbocycles. The van der Waals surface area contributed by atoms with Crippen molar-refractivity contribution in [1.82, 2.24) is 0 Å². The third-order valence-corrected chi connectivity index (χ3v) is 3.09. The molecule has 0 fully saturated rings. The van der Waals surface area contributed by atoms with E-state index in [9.17, 15) is 9.90 Å². The molecule has 0 aromatic heterocycles. The number of phenolic OH excluding ortho intramolecular Hbond substituents is 1. The summed E-state index contributed by atoms with van der Waals surface area (Å²) >= 11 is 11.5. The van der Waals surface area contributed by atoms with Crippen LogP contribution in [0.2, 0.25) is 5.02 Å². The predicted molar refractivity (Wildman–Crippen MR) is 77.1 cm³/mol. The number of carbonyl (C=O) groups is 1. The summed E-state index contributed by atoms with van der Waals surface area (Å²) in [5, 5.41) is 12.7. The molecule has 0 spiro atoms. The first-order valence-electron chi connectivity index (χ1n) is 5.55. The second-order valence-electron chi connectivity index (χ2n) is 3.95. The van der Waals surface area contributed by atoms with Crippen molar-refractivity contribution in [3.05, 3.63) is 58.6 Å². The van der Waals surface area contributed by atoms with Crippen LogP contribution in [0.5, 0.6) is 5.75 Å². The van der Waals surface area contributed by atoms with Crippen LogP contribution in [0, 0.1) is 0 Å². The topological polar surface area (TPSA) is 49.3 Å². The van der Waals surface area contributed by atoms with Gasteiger partial charge in [0.15, 0.2) is 0 Å². The molecular weight excluding hydrogens is 285 g/mol. The van der Waals surface area contributed by atoms with Gasteiger partial charge in [0, 0.05) is 16.6 Å². The molecule has 0 heterocycles. The number of halogens is 2. The van der Waals surface area contributed by atoms with Gasteiger partial charge in [-0.25, -0.2) is 0 Å². The highest BCUT2D eigenvalue weighted by atomic mass is 35.5. The van der Waals surface area contributed by atoms with Crippen molar-refractivity contribution < 1.29 is 9.90 Å². The van der Waals surface area contributed by atoms with Crippen molar-refractivity contribution in [3.63, 3.8) is 0 Å². The van der Waals surface area contributed by atoms with E-state index in [1.807, 2.05) is 6.07 Å². The highest BCUT2D eigenvalue weighted by Gasteiger charge is 2.12. The normalized spacial score (nSPS) is 10.2. The fourth-order valence-electron chi connectivity index (χ4n) is 1.62. The number of benzene rings is 2. The van der Waals surface area contributed by atoms with Crippen molar-refractivity contribution in [2.24, 2.45) is 0 Å². The van der Waals surface area contributed by atoms with Gasteiger partial charge in [-0.1, -0.05) is 23.7 Å². The number of alkyl halides is 1. The molecule has 5 heteroatoms. The Labute approximate surface area is 120 Å². The first-order chi connectivity index (χ1) is 9.10. The van der Waals surface area contributed by atoms with E-state index in [2.05, 4.69) is 5.32 Å². The van der Waals surface area contributed by atoms with Gasteiger partial charge in [0.1, 0.15) is 5.75 Å². The minimum Gasteiger partial charge on any atom is -0.507 e. The van der Waals surface area contributed by atoms with E-state index in [1.165, 1.54) is 18.2 Å². The molecule has 0 saturated heterocycles. The van der Waals surface area contributed by atoms with Crippen molar-refractivity contribution in [3.8, 4) is 5.75 Å². The minimum absolute atomic E-state index is 0.115. The van der Waals surface area contributed by atoms with Crippen LogP contribution < -0.4 is 5.32 Å². The molecule has 19 heavy (non-hydrogen) atoms. The lowest BCUT2D eigenvalue weighted by Crippen LogP contribution is -2.12. The maximum Gasteiger partial charge on any atom is 0.259 e. The third kappa shape index (κ3) is 3.40. The number of hydrogen-bond acceptors (Lipinski definition) is 2. The second kappa shape index (κ2) is 5.95. The predicted octanol–water partition coefficient (Wildman–Crippen LogP) is 4.04. The zero-order valence-corrected chi connectivity index (χ0v) is 11.4. The minimum atomic E-state index is -0.424. The van der Waals surface area contributed by atoms with Gasteiger partial charge >= 0.3 is 0 Å². The number of hydrogen-bond donors (Lipinski definition) is 2. The van der Waals surface area contributed by atoms with Crippen LogP contribution in [0.25, 0.3) is 0 Å². The number of anilines is 1. The molecule has 0 atom stereocenters. The van der Waals surface area contributed by atoms with E-state index in [-0.39, 0.29) is 11.3 Å². The Bertz CT molecular complexity index is 614. The van der Waals surface area contributed by atoms with Gasteiger partial charge in [-0.2, -0.15) is 0 Å². The van der Waals surface area contributed by atoms with Crippen LogP contribution in [0.4, 0.5) is 5.69 Å². The zero-order valence-electron chi connectivity index (χ0n) is 9.86. The van der Waals surface area contributed by atoms with E-state index in [1.54, 1.807) is 18.2 Å². The van der Waals surface area contributed by atoms with Gasteiger partial charge in [-0.3, -0.25) is 4.79 Å². The Kier molecular flexibility index (Phi) is 4.30. The van der Waals surface area contributed by atoms with Crippen molar-refractivity contribution in [2.75, 3.05) is 5.32 Å². The van der Waals surface area contributed by atoms with E-state index in [0.29, 0.717) is 16.6 Å². The summed E-state index contributed by atoms with van der Waals surface area (Å²) in [5.74, 6) is -0.173. The largest absolute Gasteiger partial charge is 0.507 e. The fraction of sp³-hybridized carbons (Fsp3) is 0.0714. The Balaban J connectivity index is 2.23. The number of phenols is 1. The van der Waals surface area contributed by atoms with Crippen LogP contribution in [0.15, 0.2) is 42.5 Å². The number of aromatic hydroxyl groups is 1. The van der Waals surface area contributed by atoms with Crippen LogP contribution in [0.1, 0.15) is 15.9 Å². The summed E-state index contributed by atoms with van der Waals surface area (Å²) in [5.41, 5.74) is 1.64. The summed E-state index contributed by atoms with van der Waals surface area (Å²) in [7, 11) is 0. The van der Waals surface area contributed by atoms with Gasteiger partial charge in [-0.15, -0.1) is 11.6 Å². The smallest absolute Gasteiger partial charge is 0.259 e. The summed E-state index contributed by atoms with van der Waals surface area (Å²) in [6.07, 6.45) is 0. The van der Waals surface area contributed by atoms with Gasteiger partial charge in [-0.05, 0) is 35.9 Å². The lowest BCUT2D eigenvalue weighted by Gasteiger charge is -2.08. The van der Waals surface area contributed by atoms with Gasteiger partial charge in [0.05, 0.1) is 5.56 Å². The number of carbonyl (C=O) groups excluding carboxylic acids is 1. The molecule has 2 rings (SSSR count). The number of nitrogens with one attached hydrogen (secondary N) is 1. The lowest BCUT2D eigenvalue weighted by molar-refractivity contribution is 0.102. The second-order valence-corrected chi connectivity index (χ2v) is 4.65. The quantitative estimate of drug-likeness (QED) is 0.840. The molecule has 0 aliphatic heterocycles. The maximum atomic E-state index is 12.0. The highest BCUT2D eigenvalue weighted by Crippen LogP contribution is 2.23. The molecule has 98 valence electrons. The molecule has 3 nitrogen and oxygen atoms in total. The Morgan fingerprint density at radius 2 is 2.00 bits per heavy atom. The third-order valence-electron chi connectivity index (χ3n) is 2.54. The summed E-state index contributed by atoms with van der Waals surface area (Å²) in [6.45, 7) is 0. The van der Waals surface area contributed by atoms with E-state index >= 15 is 0 Å². The molecule has 0 aliphatic carbocycles. The first kappa shape index (κ1) is 13.7. The zero-order chi connectivity index (χ0) is 13.8. The van der Waals surface area contributed by atoms with Crippen LogP contribution >= 0.6 is 23.2 Å². The molecule has 0 bridgehead atoms. The SMILES string of the molecule is O=C(Nc1cccc(CCl)c1)c1cc(Cl)ccc1O. The standard InChI is InChI=1S/C14H11Cl2NO2/c15-8-9-2-1-3-11(6-9)17-14(19)12-7-10(16)4-5-13(12)18/h1-7,18H,8H2,(H,17,19). The summed E-state index contributed by atoms with van der Waals surface area (Å²) in [6, 6.07) is 11.5. The molecular formula is C14H11Cl2NO2. The van der Waals surface area contributed by atoms with Crippen LogP contribution in [-0.4, -0.2) is 11.0 Å². The van der Waals surface area contributed by atoms with E-state index in [0.717, 1.165) is 5.56 Å². The van der Waals surface area contributed by atoms with Gasteiger partial charge in [0.2, 0.25) is 0 Å². The average Bonchev–Trinajstić information content (AvgIpc) is 2.41. The molecule has 2 aromatic rings. The fourth-order valence-corrected chi connectivity index (χ4v) is 1.96. The lowest BCUT2D eigenvalue weighted by atomic mass is 10.1. The molecule has 1 amide bonds. The van der Waals surface area contributed by atoms with Gasteiger partial charge in [0.25, 0.3) is 5.91 Å². The summed E-state index contributed by atoms with van der Waals surface area (Å²) < 4.78 is 0. The molecule has 0 radical (unpaired) electrons. The maximum absolute atomic E-state index is 12.0. The van der Waals surface area contributed by atoms with Crippen molar-refractivity contribution in [2.45, 2.75) is 5.88 Å². The molecule has 2 aromatic carbocycles. The van der Waals surface area contributed by atoms with Gasteiger partial charge < -0.3 is 10.4 Å². The molecule has 0 unspecified atom stereocenters. The average molecular weight is 296 g/mol. The number of amides is 1. The Morgan fingerprint density at radius 3 is 2.74 bits per heavy atom. The van der Waals surface area contributed by atoms with Crippen molar-refractivity contribution in [1.29, 1.82) is 0 Å². The van der Waals surface area contributed by atoms with E-state index in [4.69, 9.17) is 23.2 Å². The van der Waals surface area contributed by atoms with Crippen LogP contribution in [0.3, 0.4) is 0 Å². The van der Waals surface area contributed by atoms with E-state index < -0.39 is 5.91 Å². The first-order valence-corrected chi connectivity index (χ1v) is 6.46. The Morgan fingerprint density at radius 1 is 1.21 bits per heavy atom. The Hall–Kier alpha value is -1.71. The summed E-state index contributed by atoms with van der Waals surface area (Å²) in [4.78, 5) is 12.0. The van der Waals surface area contributed by atoms with Crippen molar-refractivity contribution >= 4 is 34.8 Å². The number of rotatable bonds is 3. The molecule has 0 aliphatic rings. The highest BCUT2D eigenvalue weighted by molar-refractivity contribution is 6.31.